The Morgan fingerprint density at radius 2 is 2.31 bits per heavy atom. The lowest BCUT2D eigenvalue weighted by atomic mass is 10.3. The third-order valence-corrected chi connectivity index (χ3v) is 2.32. The molecule has 68 valence electrons. The normalized spacial score (nSPS) is 10.9. The summed E-state index contributed by atoms with van der Waals surface area (Å²) in [5.74, 6) is 0.173. The predicted octanol–water partition coefficient (Wildman–Crippen LogP) is 2.42. The van der Waals surface area contributed by atoms with E-state index in [2.05, 4.69) is 4.98 Å². The van der Waals surface area contributed by atoms with E-state index in [1.54, 1.807) is 12.1 Å². The Labute approximate surface area is 80.6 Å². The molecule has 0 unspecified atom stereocenters. The van der Waals surface area contributed by atoms with Gasteiger partial charge in [0.1, 0.15) is 11.3 Å². The summed E-state index contributed by atoms with van der Waals surface area (Å²) in [6.45, 7) is 2.73. The number of hydrogen-bond acceptors (Lipinski definition) is 2. The lowest BCUT2D eigenvalue weighted by Crippen LogP contribution is -1.92. The third kappa shape index (κ3) is 1.16. The van der Waals surface area contributed by atoms with Crippen LogP contribution in [0.3, 0.4) is 0 Å². The van der Waals surface area contributed by atoms with E-state index < -0.39 is 0 Å². The van der Waals surface area contributed by atoms with Crippen LogP contribution in [0.1, 0.15) is 6.92 Å². The predicted molar refractivity (Wildman–Crippen MR) is 52.1 cm³/mol. The van der Waals surface area contributed by atoms with Crippen LogP contribution >= 0.6 is 11.6 Å². The first-order valence-electron chi connectivity index (χ1n) is 4.07. The van der Waals surface area contributed by atoms with Gasteiger partial charge in [0.25, 0.3) is 0 Å². The van der Waals surface area contributed by atoms with Crippen LogP contribution in [-0.4, -0.2) is 14.7 Å². The third-order valence-electron chi connectivity index (χ3n) is 2.03. The standard InChI is InChI=1S/C9H9ClN2O/c1-2-12-6-4-3-5-7(13)8(6)11-9(12)10/h3-5,13H,2H2,1H3. The number of aromatic nitrogens is 2. The van der Waals surface area contributed by atoms with Gasteiger partial charge in [-0.2, -0.15) is 0 Å². The molecule has 1 N–H and O–H groups in total. The summed E-state index contributed by atoms with van der Waals surface area (Å²) in [7, 11) is 0. The van der Waals surface area contributed by atoms with Crippen LogP contribution in [0.5, 0.6) is 5.75 Å². The molecule has 0 amide bonds. The maximum absolute atomic E-state index is 9.47. The highest BCUT2D eigenvalue weighted by Crippen LogP contribution is 2.26. The van der Waals surface area contributed by atoms with Crippen molar-refractivity contribution < 1.29 is 5.11 Å². The van der Waals surface area contributed by atoms with Gasteiger partial charge < -0.3 is 9.67 Å². The SMILES string of the molecule is CCn1c(Cl)nc2c(O)cccc21. The van der Waals surface area contributed by atoms with Crippen LogP contribution in [0.4, 0.5) is 0 Å². The molecule has 1 heterocycles. The molecule has 0 saturated carbocycles. The number of nitrogens with zero attached hydrogens (tertiary/aromatic N) is 2. The van der Waals surface area contributed by atoms with E-state index in [1.165, 1.54) is 0 Å². The van der Waals surface area contributed by atoms with E-state index >= 15 is 0 Å². The van der Waals surface area contributed by atoms with Crippen LogP contribution in [-0.2, 0) is 6.54 Å². The molecule has 0 bridgehead atoms. The average molecular weight is 197 g/mol. The van der Waals surface area contributed by atoms with Crippen molar-refractivity contribution in [2.75, 3.05) is 0 Å². The van der Waals surface area contributed by atoms with Crippen molar-refractivity contribution in [1.29, 1.82) is 0 Å². The number of fused-ring (bicyclic) bond motifs is 1. The molecule has 1 aromatic heterocycles. The van der Waals surface area contributed by atoms with Gasteiger partial charge in [-0.15, -0.1) is 0 Å². The number of aromatic hydroxyl groups is 1. The van der Waals surface area contributed by atoms with Gasteiger partial charge >= 0.3 is 0 Å². The molecule has 0 spiro atoms. The van der Waals surface area contributed by atoms with E-state index in [-0.39, 0.29) is 5.75 Å². The van der Waals surface area contributed by atoms with Crippen molar-refractivity contribution in [3.05, 3.63) is 23.5 Å². The number of imidazole rings is 1. The van der Waals surface area contributed by atoms with Crippen LogP contribution in [0, 0.1) is 0 Å². The Kier molecular flexibility index (Phi) is 1.88. The fraction of sp³-hybridized carbons (Fsp3) is 0.222. The van der Waals surface area contributed by atoms with Crippen molar-refractivity contribution in [2.45, 2.75) is 13.5 Å². The molecule has 13 heavy (non-hydrogen) atoms. The molecule has 1 aromatic carbocycles. The zero-order chi connectivity index (χ0) is 9.42. The van der Waals surface area contributed by atoms with Gasteiger partial charge in [0, 0.05) is 6.54 Å². The Morgan fingerprint density at radius 1 is 1.54 bits per heavy atom. The lowest BCUT2D eigenvalue weighted by Gasteiger charge is -1.99. The van der Waals surface area contributed by atoms with Gasteiger partial charge in [-0.05, 0) is 30.7 Å². The summed E-state index contributed by atoms with van der Waals surface area (Å²) in [5, 5.41) is 9.89. The highest BCUT2D eigenvalue weighted by molar-refractivity contribution is 6.29. The number of phenols is 1. The Balaban J connectivity index is 2.86. The number of rotatable bonds is 1. The molecule has 0 aliphatic rings. The van der Waals surface area contributed by atoms with Gasteiger partial charge in [0.15, 0.2) is 0 Å². The molecule has 0 fully saturated rings. The van der Waals surface area contributed by atoms with Crippen molar-refractivity contribution in [3.63, 3.8) is 0 Å². The number of benzene rings is 1. The summed E-state index contributed by atoms with van der Waals surface area (Å²) >= 11 is 5.88. The fourth-order valence-corrected chi connectivity index (χ4v) is 1.70. The van der Waals surface area contributed by atoms with Crippen LogP contribution in [0.25, 0.3) is 11.0 Å². The second kappa shape index (κ2) is 2.92. The van der Waals surface area contributed by atoms with Crippen molar-refractivity contribution in [2.24, 2.45) is 0 Å². The average Bonchev–Trinajstić information content (AvgIpc) is 2.43. The minimum absolute atomic E-state index is 0.173. The fourth-order valence-electron chi connectivity index (χ4n) is 1.40. The van der Waals surface area contributed by atoms with Crippen molar-refractivity contribution in [1.82, 2.24) is 9.55 Å². The highest BCUT2D eigenvalue weighted by atomic mass is 35.5. The van der Waals surface area contributed by atoms with E-state index in [1.807, 2.05) is 17.6 Å². The molecule has 0 aliphatic carbocycles. The summed E-state index contributed by atoms with van der Waals surface area (Å²) in [5.41, 5.74) is 1.43. The van der Waals surface area contributed by atoms with E-state index in [0.717, 1.165) is 12.1 Å². The van der Waals surface area contributed by atoms with Gasteiger partial charge in [-0.1, -0.05) is 6.07 Å². The second-order valence-electron chi connectivity index (χ2n) is 2.77. The Morgan fingerprint density at radius 3 is 3.00 bits per heavy atom. The number of hydrogen-bond donors (Lipinski definition) is 1. The molecule has 4 heteroatoms. The Hall–Kier alpha value is -1.22. The first-order chi connectivity index (χ1) is 6.24. The Bertz CT molecular complexity index is 450. The quantitative estimate of drug-likeness (QED) is 0.761. The molecule has 0 aliphatic heterocycles. The van der Waals surface area contributed by atoms with E-state index in [0.29, 0.717) is 10.8 Å². The highest BCUT2D eigenvalue weighted by Gasteiger charge is 2.09. The molecule has 0 atom stereocenters. The van der Waals surface area contributed by atoms with Gasteiger partial charge in [0.05, 0.1) is 5.52 Å². The monoisotopic (exact) mass is 196 g/mol. The number of halogens is 1. The molecule has 0 saturated heterocycles. The molecule has 2 rings (SSSR count). The summed E-state index contributed by atoms with van der Waals surface area (Å²) in [6.07, 6.45) is 0. The maximum Gasteiger partial charge on any atom is 0.203 e. The van der Waals surface area contributed by atoms with Gasteiger partial charge in [-0.25, -0.2) is 4.98 Å². The summed E-state index contributed by atoms with van der Waals surface area (Å²) < 4.78 is 1.84. The zero-order valence-electron chi connectivity index (χ0n) is 7.16. The molecule has 3 nitrogen and oxygen atoms in total. The minimum Gasteiger partial charge on any atom is -0.506 e. The smallest absolute Gasteiger partial charge is 0.203 e. The van der Waals surface area contributed by atoms with Gasteiger partial charge in [-0.3, -0.25) is 0 Å². The van der Waals surface area contributed by atoms with Crippen LogP contribution in [0.15, 0.2) is 18.2 Å². The van der Waals surface area contributed by atoms with Crippen LogP contribution < -0.4 is 0 Å². The summed E-state index contributed by atoms with van der Waals surface area (Å²) in [6, 6.07) is 5.27. The first-order valence-corrected chi connectivity index (χ1v) is 4.45. The zero-order valence-corrected chi connectivity index (χ0v) is 7.91. The van der Waals surface area contributed by atoms with E-state index in [9.17, 15) is 5.11 Å². The van der Waals surface area contributed by atoms with Crippen LogP contribution in [0.2, 0.25) is 5.28 Å². The molecular formula is C9H9ClN2O. The molecule has 0 radical (unpaired) electrons. The van der Waals surface area contributed by atoms with E-state index in [4.69, 9.17) is 11.6 Å². The summed E-state index contributed by atoms with van der Waals surface area (Å²) in [4.78, 5) is 4.06. The number of aryl methyl sites for hydroxylation is 1. The molecule has 2 aromatic rings. The topological polar surface area (TPSA) is 38.0 Å². The largest absolute Gasteiger partial charge is 0.506 e. The number of phenolic OH excluding ortho intramolecular Hbond substituents is 1. The maximum atomic E-state index is 9.47. The number of para-hydroxylation sites is 1. The van der Waals surface area contributed by atoms with Crippen molar-refractivity contribution >= 4 is 22.6 Å². The minimum atomic E-state index is 0.173. The lowest BCUT2D eigenvalue weighted by molar-refractivity contribution is 0.480. The second-order valence-corrected chi connectivity index (χ2v) is 3.11. The molecular weight excluding hydrogens is 188 g/mol. The van der Waals surface area contributed by atoms with Crippen molar-refractivity contribution in [3.8, 4) is 5.75 Å². The first kappa shape index (κ1) is 8.38. The van der Waals surface area contributed by atoms with Gasteiger partial charge in [0.2, 0.25) is 5.28 Å².